The van der Waals surface area contributed by atoms with E-state index in [1.807, 2.05) is 29.2 Å². The third kappa shape index (κ3) is 5.22. The number of carbonyl (C=O) groups is 2. The van der Waals surface area contributed by atoms with E-state index >= 15 is 0 Å². The quantitative estimate of drug-likeness (QED) is 0.799. The Labute approximate surface area is 161 Å². The van der Waals surface area contributed by atoms with Crippen LogP contribution in [0.1, 0.15) is 44.1 Å². The van der Waals surface area contributed by atoms with Crippen LogP contribution in [0, 0.1) is 11.8 Å². The first kappa shape index (κ1) is 19.7. The summed E-state index contributed by atoms with van der Waals surface area (Å²) in [6, 6.07) is 7.86. The molecule has 2 fully saturated rings. The van der Waals surface area contributed by atoms with E-state index < -0.39 is 0 Å². The Kier molecular flexibility index (Phi) is 6.72. The Morgan fingerprint density at radius 3 is 2.44 bits per heavy atom. The van der Waals surface area contributed by atoms with Gasteiger partial charge in [0.05, 0.1) is 7.11 Å². The zero-order valence-electron chi connectivity index (χ0n) is 16.2. The van der Waals surface area contributed by atoms with E-state index in [4.69, 9.17) is 10.5 Å². The largest absolute Gasteiger partial charge is 0.497 e. The zero-order chi connectivity index (χ0) is 19.2. The summed E-state index contributed by atoms with van der Waals surface area (Å²) >= 11 is 0. The maximum atomic E-state index is 12.5. The Morgan fingerprint density at radius 2 is 1.85 bits per heavy atom. The molecule has 1 saturated carbocycles. The van der Waals surface area contributed by atoms with E-state index in [0.717, 1.165) is 43.4 Å². The lowest BCUT2D eigenvalue weighted by molar-refractivity contribution is -0.136. The van der Waals surface area contributed by atoms with Crippen molar-refractivity contribution >= 4 is 11.8 Å². The fourth-order valence-corrected chi connectivity index (χ4v) is 4.14. The average Bonchev–Trinajstić information content (AvgIpc) is 3.11. The number of amides is 2. The van der Waals surface area contributed by atoms with E-state index in [1.165, 1.54) is 0 Å². The van der Waals surface area contributed by atoms with Crippen LogP contribution >= 0.6 is 0 Å². The maximum Gasteiger partial charge on any atom is 0.223 e. The number of rotatable bonds is 6. The van der Waals surface area contributed by atoms with Crippen molar-refractivity contribution in [1.29, 1.82) is 0 Å². The first-order valence-electron chi connectivity index (χ1n) is 10.0. The summed E-state index contributed by atoms with van der Waals surface area (Å²) in [5, 5.41) is 3.02. The standard InChI is InChI=1S/C21H31N3O3/c1-27-18-7-5-15(6-8-18)14-23-21(26)16-9-11-24(12-10-16)20(25)13-17-3-2-4-19(17)22/h5-8,16-17,19H,2-4,9-14,22H2,1H3,(H,23,26)/t17-,19+/m0/s1. The Bertz CT molecular complexity index is 639. The highest BCUT2D eigenvalue weighted by atomic mass is 16.5. The van der Waals surface area contributed by atoms with Gasteiger partial charge in [-0.05, 0) is 49.3 Å². The number of nitrogens with one attached hydrogen (secondary N) is 1. The fourth-order valence-electron chi connectivity index (χ4n) is 4.14. The molecule has 3 N–H and O–H groups in total. The van der Waals surface area contributed by atoms with Gasteiger partial charge in [-0.2, -0.15) is 0 Å². The smallest absolute Gasteiger partial charge is 0.223 e. The summed E-state index contributed by atoms with van der Waals surface area (Å²) < 4.78 is 5.14. The van der Waals surface area contributed by atoms with E-state index in [0.29, 0.717) is 32.0 Å². The van der Waals surface area contributed by atoms with E-state index in [9.17, 15) is 9.59 Å². The summed E-state index contributed by atoms with van der Waals surface area (Å²) in [6.45, 7) is 1.85. The number of ether oxygens (including phenoxy) is 1. The zero-order valence-corrected chi connectivity index (χ0v) is 16.2. The topological polar surface area (TPSA) is 84.7 Å². The molecular weight excluding hydrogens is 342 g/mol. The van der Waals surface area contributed by atoms with E-state index in [1.54, 1.807) is 7.11 Å². The minimum Gasteiger partial charge on any atom is -0.497 e. The predicted molar refractivity (Wildman–Crippen MR) is 104 cm³/mol. The van der Waals surface area contributed by atoms with Crippen LogP contribution in [0.2, 0.25) is 0 Å². The van der Waals surface area contributed by atoms with Crippen LogP contribution < -0.4 is 15.8 Å². The molecule has 1 aromatic rings. The summed E-state index contributed by atoms with van der Waals surface area (Å²) in [5.41, 5.74) is 7.13. The maximum absolute atomic E-state index is 12.5. The molecule has 2 amide bonds. The van der Waals surface area contributed by atoms with Crippen LogP contribution in [-0.2, 0) is 16.1 Å². The predicted octanol–water partition coefficient (Wildman–Crippen LogP) is 2.07. The number of hydrogen-bond donors (Lipinski definition) is 2. The van der Waals surface area contributed by atoms with Gasteiger partial charge >= 0.3 is 0 Å². The third-order valence-electron chi connectivity index (χ3n) is 6.00. The SMILES string of the molecule is COc1ccc(CNC(=O)C2CCN(C(=O)C[C@@H]3CCC[C@H]3N)CC2)cc1. The van der Waals surface area contributed by atoms with Crippen molar-refractivity contribution < 1.29 is 14.3 Å². The van der Waals surface area contributed by atoms with Crippen LogP contribution in [-0.4, -0.2) is 43.0 Å². The van der Waals surface area contributed by atoms with Crippen LogP contribution in [0.15, 0.2) is 24.3 Å². The number of piperidine rings is 1. The van der Waals surface area contributed by atoms with Crippen molar-refractivity contribution in [1.82, 2.24) is 10.2 Å². The fraction of sp³-hybridized carbons (Fsp3) is 0.619. The molecule has 0 aromatic heterocycles. The monoisotopic (exact) mass is 373 g/mol. The van der Waals surface area contributed by atoms with Crippen LogP contribution in [0.5, 0.6) is 5.75 Å². The van der Waals surface area contributed by atoms with Gasteiger partial charge in [0.1, 0.15) is 5.75 Å². The van der Waals surface area contributed by atoms with E-state index in [-0.39, 0.29) is 23.8 Å². The second kappa shape index (κ2) is 9.22. The Balaban J connectivity index is 1.40. The molecule has 27 heavy (non-hydrogen) atoms. The molecule has 0 spiro atoms. The van der Waals surface area contributed by atoms with Gasteiger partial charge in [0.15, 0.2) is 0 Å². The normalized spacial score (nSPS) is 23.3. The van der Waals surface area contributed by atoms with Crippen LogP contribution in [0.25, 0.3) is 0 Å². The highest BCUT2D eigenvalue weighted by Gasteiger charge is 2.31. The lowest BCUT2D eigenvalue weighted by atomic mass is 9.94. The van der Waals surface area contributed by atoms with Gasteiger partial charge in [0, 0.05) is 38.0 Å². The van der Waals surface area contributed by atoms with Gasteiger partial charge in [0.25, 0.3) is 0 Å². The second-order valence-electron chi connectivity index (χ2n) is 7.78. The van der Waals surface area contributed by atoms with Crippen LogP contribution in [0.3, 0.4) is 0 Å². The van der Waals surface area contributed by atoms with Crippen molar-refractivity contribution in [2.45, 2.75) is 51.1 Å². The van der Waals surface area contributed by atoms with Crippen molar-refractivity contribution in [2.24, 2.45) is 17.6 Å². The van der Waals surface area contributed by atoms with Gasteiger partial charge in [-0.15, -0.1) is 0 Å². The van der Waals surface area contributed by atoms with Gasteiger partial charge in [-0.25, -0.2) is 0 Å². The molecule has 3 rings (SSSR count). The number of carbonyl (C=O) groups excluding carboxylic acids is 2. The summed E-state index contributed by atoms with van der Waals surface area (Å²) in [5.74, 6) is 1.41. The molecule has 2 atom stereocenters. The van der Waals surface area contributed by atoms with Gasteiger partial charge in [0.2, 0.25) is 11.8 Å². The molecular formula is C21H31N3O3. The average molecular weight is 373 g/mol. The number of benzene rings is 1. The summed E-state index contributed by atoms with van der Waals surface area (Å²) in [4.78, 5) is 26.9. The van der Waals surface area contributed by atoms with Crippen molar-refractivity contribution in [2.75, 3.05) is 20.2 Å². The number of nitrogens with two attached hydrogens (primary N) is 1. The lowest BCUT2D eigenvalue weighted by Gasteiger charge is -2.32. The Morgan fingerprint density at radius 1 is 1.15 bits per heavy atom. The highest BCUT2D eigenvalue weighted by Crippen LogP contribution is 2.28. The molecule has 6 heteroatoms. The minimum absolute atomic E-state index is 0.0129. The first-order chi connectivity index (χ1) is 13.1. The number of nitrogens with zero attached hydrogens (tertiary/aromatic N) is 1. The molecule has 0 radical (unpaired) electrons. The van der Waals surface area contributed by atoms with Crippen molar-refractivity contribution in [3.05, 3.63) is 29.8 Å². The molecule has 0 unspecified atom stereocenters. The first-order valence-corrected chi connectivity index (χ1v) is 10.0. The molecule has 1 aliphatic heterocycles. The number of likely N-dealkylation sites (tertiary alicyclic amines) is 1. The molecule has 0 bridgehead atoms. The van der Waals surface area contributed by atoms with Crippen molar-refractivity contribution in [3.8, 4) is 5.75 Å². The molecule has 1 aromatic carbocycles. The second-order valence-corrected chi connectivity index (χ2v) is 7.78. The Hall–Kier alpha value is -2.08. The minimum atomic E-state index is -0.0129. The number of methoxy groups -OCH3 is 1. The number of hydrogen-bond acceptors (Lipinski definition) is 4. The van der Waals surface area contributed by atoms with Gasteiger partial charge < -0.3 is 20.7 Å². The molecule has 1 saturated heterocycles. The molecule has 2 aliphatic rings. The molecule has 148 valence electrons. The molecule has 1 aliphatic carbocycles. The van der Waals surface area contributed by atoms with Crippen molar-refractivity contribution in [3.63, 3.8) is 0 Å². The lowest BCUT2D eigenvalue weighted by Crippen LogP contribution is -2.44. The van der Waals surface area contributed by atoms with E-state index in [2.05, 4.69) is 5.32 Å². The van der Waals surface area contributed by atoms with Crippen LogP contribution in [0.4, 0.5) is 0 Å². The molecule has 6 nitrogen and oxygen atoms in total. The van der Waals surface area contributed by atoms with Gasteiger partial charge in [-0.3, -0.25) is 9.59 Å². The third-order valence-corrected chi connectivity index (χ3v) is 6.00. The molecule has 1 heterocycles. The summed E-state index contributed by atoms with van der Waals surface area (Å²) in [7, 11) is 1.63. The summed E-state index contributed by atoms with van der Waals surface area (Å²) in [6.07, 6.45) is 5.27. The highest BCUT2D eigenvalue weighted by molar-refractivity contribution is 5.80. The van der Waals surface area contributed by atoms with Gasteiger partial charge in [-0.1, -0.05) is 18.6 Å².